The van der Waals surface area contributed by atoms with Gasteiger partial charge in [0.1, 0.15) is 18.1 Å². The van der Waals surface area contributed by atoms with E-state index in [9.17, 15) is 14.9 Å². The van der Waals surface area contributed by atoms with E-state index in [0.717, 1.165) is 10.5 Å². The van der Waals surface area contributed by atoms with Crippen LogP contribution >= 0.6 is 15.9 Å². The number of anilines is 1. The minimum Gasteiger partial charge on any atom is -0.494 e. The largest absolute Gasteiger partial charge is 0.494 e. The van der Waals surface area contributed by atoms with Crippen molar-refractivity contribution >= 4 is 33.2 Å². The first kappa shape index (κ1) is 18.5. The number of nitrogens with one attached hydrogen (secondary N) is 1. The van der Waals surface area contributed by atoms with Crippen molar-refractivity contribution in [3.63, 3.8) is 0 Å². The van der Waals surface area contributed by atoms with Crippen LogP contribution in [0.2, 0.25) is 0 Å². The standard InChI is InChI=1S/C16H16BrN3O5/c1-24-14-9-10(16(18)21)8-13(20(22)23)15(14)19-6-7-25-12-4-2-11(17)3-5-12/h2-5,8-9,19H,6-7H2,1H3,(H2,18,21). The van der Waals surface area contributed by atoms with Crippen molar-refractivity contribution in [3.05, 3.63) is 56.5 Å². The predicted octanol–water partition coefficient (Wildman–Crippen LogP) is 2.96. The number of primary amides is 1. The molecule has 3 N–H and O–H groups in total. The van der Waals surface area contributed by atoms with E-state index in [0.29, 0.717) is 12.3 Å². The molecule has 0 heterocycles. The lowest BCUT2D eigenvalue weighted by atomic mass is 10.1. The summed E-state index contributed by atoms with van der Waals surface area (Å²) in [6, 6.07) is 9.76. The summed E-state index contributed by atoms with van der Waals surface area (Å²) in [6.45, 7) is 0.572. The van der Waals surface area contributed by atoms with Gasteiger partial charge in [0.2, 0.25) is 5.91 Å². The number of benzene rings is 2. The first-order valence-corrected chi connectivity index (χ1v) is 8.00. The fourth-order valence-electron chi connectivity index (χ4n) is 2.10. The lowest BCUT2D eigenvalue weighted by Gasteiger charge is -2.13. The van der Waals surface area contributed by atoms with Crippen molar-refractivity contribution in [2.75, 3.05) is 25.6 Å². The summed E-state index contributed by atoms with van der Waals surface area (Å²) in [6.07, 6.45) is 0. The Kier molecular flexibility index (Phi) is 6.18. The number of nitrogens with two attached hydrogens (primary N) is 1. The molecule has 0 saturated heterocycles. The zero-order valence-electron chi connectivity index (χ0n) is 13.3. The van der Waals surface area contributed by atoms with Gasteiger partial charge in [-0.3, -0.25) is 14.9 Å². The number of nitro groups is 1. The van der Waals surface area contributed by atoms with Crippen LogP contribution in [0.15, 0.2) is 40.9 Å². The Labute approximate surface area is 152 Å². The molecule has 0 aliphatic heterocycles. The average molecular weight is 410 g/mol. The summed E-state index contributed by atoms with van der Waals surface area (Å²) in [7, 11) is 1.35. The van der Waals surface area contributed by atoms with E-state index >= 15 is 0 Å². The second kappa shape index (κ2) is 8.34. The Morgan fingerprint density at radius 3 is 2.56 bits per heavy atom. The molecule has 1 amide bonds. The first-order valence-electron chi connectivity index (χ1n) is 7.21. The van der Waals surface area contributed by atoms with Crippen molar-refractivity contribution < 1.29 is 19.2 Å². The zero-order valence-corrected chi connectivity index (χ0v) is 14.9. The van der Waals surface area contributed by atoms with Crippen LogP contribution in [0.3, 0.4) is 0 Å². The first-order chi connectivity index (χ1) is 11.9. The van der Waals surface area contributed by atoms with Crippen LogP contribution in [0, 0.1) is 10.1 Å². The lowest BCUT2D eigenvalue weighted by Crippen LogP contribution is -2.15. The van der Waals surface area contributed by atoms with Crippen LogP contribution < -0.4 is 20.5 Å². The highest BCUT2D eigenvalue weighted by atomic mass is 79.9. The summed E-state index contributed by atoms with van der Waals surface area (Å²) in [5.74, 6) is 0.0636. The zero-order chi connectivity index (χ0) is 18.4. The Balaban J connectivity index is 2.10. The molecule has 0 aliphatic carbocycles. The summed E-state index contributed by atoms with van der Waals surface area (Å²) in [4.78, 5) is 22.0. The maximum absolute atomic E-state index is 11.3. The Hall–Kier alpha value is -2.81. The molecule has 8 nitrogen and oxygen atoms in total. The molecule has 132 valence electrons. The van der Waals surface area contributed by atoms with Crippen molar-refractivity contribution in [2.24, 2.45) is 5.73 Å². The third-order valence-electron chi connectivity index (χ3n) is 3.27. The van der Waals surface area contributed by atoms with Gasteiger partial charge in [-0.05, 0) is 30.3 Å². The number of hydrogen-bond acceptors (Lipinski definition) is 6. The van der Waals surface area contributed by atoms with E-state index in [2.05, 4.69) is 21.2 Å². The highest BCUT2D eigenvalue weighted by Crippen LogP contribution is 2.35. The fraction of sp³-hybridized carbons (Fsp3) is 0.188. The monoisotopic (exact) mass is 409 g/mol. The van der Waals surface area contributed by atoms with Crippen molar-refractivity contribution in [3.8, 4) is 11.5 Å². The van der Waals surface area contributed by atoms with Crippen LogP contribution in [0.1, 0.15) is 10.4 Å². The maximum Gasteiger partial charge on any atom is 0.296 e. The minimum absolute atomic E-state index is 0.000197. The topological polar surface area (TPSA) is 117 Å². The Morgan fingerprint density at radius 1 is 1.32 bits per heavy atom. The van der Waals surface area contributed by atoms with Gasteiger partial charge in [0.15, 0.2) is 5.69 Å². The molecule has 0 radical (unpaired) electrons. The normalized spacial score (nSPS) is 10.2. The maximum atomic E-state index is 11.3. The number of carbonyl (C=O) groups excluding carboxylic acids is 1. The number of nitrogens with zero attached hydrogens (tertiary/aromatic N) is 1. The van der Waals surface area contributed by atoms with Gasteiger partial charge in [-0.1, -0.05) is 15.9 Å². The summed E-state index contributed by atoms with van der Waals surface area (Å²) >= 11 is 3.33. The quantitative estimate of drug-likeness (QED) is 0.393. The highest BCUT2D eigenvalue weighted by molar-refractivity contribution is 9.10. The van der Waals surface area contributed by atoms with Gasteiger partial charge in [0.05, 0.1) is 12.0 Å². The summed E-state index contributed by atoms with van der Waals surface area (Å²) in [5.41, 5.74) is 5.06. The minimum atomic E-state index is -0.772. The van der Waals surface area contributed by atoms with E-state index < -0.39 is 10.8 Å². The van der Waals surface area contributed by atoms with Crippen LogP contribution in [0.25, 0.3) is 0 Å². The van der Waals surface area contributed by atoms with E-state index in [1.54, 1.807) is 12.1 Å². The number of methoxy groups -OCH3 is 1. The van der Waals surface area contributed by atoms with E-state index in [4.69, 9.17) is 15.2 Å². The molecule has 9 heteroatoms. The molecular weight excluding hydrogens is 394 g/mol. The van der Waals surface area contributed by atoms with Gasteiger partial charge in [-0.25, -0.2) is 0 Å². The second-order valence-corrected chi connectivity index (χ2v) is 5.84. The number of hydrogen-bond donors (Lipinski definition) is 2. The van der Waals surface area contributed by atoms with Crippen molar-refractivity contribution in [1.29, 1.82) is 0 Å². The van der Waals surface area contributed by atoms with Gasteiger partial charge in [-0.2, -0.15) is 0 Å². The molecule has 0 bridgehead atoms. The number of carbonyl (C=O) groups is 1. The third kappa shape index (κ3) is 4.83. The number of halogens is 1. The molecule has 2 rings (SSSR count). The summed E-state index contributed by atoms with van der Waals surface area (Å²) < 4.78 is 11.6. The third-order valence-corrected chi connectivity index (χ3v) is 3.80. The molecule has 0 unspecified atom stereocenters. The lowest BCUT2D eigenvalue weighted by molar-refractivity contribution is -0.384. The second-order valence-electron chi connectivity index (χ2n) is 4.92. The molecule has 2 aromatic carbocycles. The van der Waals surface area contributed by atoms with Gasteiger partial charge >= 0.3 is 0 Å². The molecule has 25 heavy (non-hydrogen) atoms. The van der Waals surface area contributed by atoms with Crippen LogP contribution in [0.4, 0.5) is 11.4 Å². The van der Waals surface area contributed by atoms with Gasteiger partial charge < -0.3 is 20.5 Å². The number of ether oxygens (including phenoxy) is 2. The molecule has 0 aromatic heterocycles. The molecule has 0 aliphatic rings. The molecular formula is C16H16BrN3O5. The van der Waals surface area contributed by atoms with E-state index in [-0.39, 0.29) is 29.3 Å². The van der Waals surface area contributed by atoms with Gasteiger partial charge in [0.25, 0.3) is 5.69 Å². The van der Waals surface area contributed by atoms with E-state index in [1.807, 2.05) is 12.1 Å². The Bertz CT molecular complexity index is 780. The van der Waals surface area contributed by atoms with Gasteiger partial charge in [0, 0.05) is 22.6 Å². The Morgan fingerprint density at radius 2 is 2.00 bits per heavy atom. The van der Waals surface area contributed by atoms with Crippen LogP contribution in [-0.4, -0.2) is 31.1 Å². The van der Waals surface area contributed by atoms with Crippen LogP contribution in [-0.2, 0) is 0 Å². The SMILES string of the molecule is COc1cc(C(N)=O)cc([N+](=O)[O-])c1NCCOc1ccc(Br)cc1. The smallest absolute Gasteiger partial charge is 0.296 e. The number of amides is 1. The number of rotatable bonds is 8. The molecule has 0 spiro atoms. The molecule has 0 fully saturated rings. The van der Waals surface area contributed by atoms with Crippen molar-refractivity contribution in [1.82, 2.24) is 0 Å². The average Bonchev–Trinajstić information content (AvgIpc) is 2.59. The number of nitro benzene ring substituents is 1. The van der Waals surface area contributed by atoms with Crippen molar-refractivity contribution in [2.45, 2.75) is 0 Å². The molecule has 0 atom stereocenters. The summed E-state index contributed by atoms with van der Waals surface area (Å²) in [5, 5.41) is 14.2. The van der Waals surface area contributed by atoms with Gasteiger partial charge in [-0.15, -0.1) is 0 Å². The van der Waals surface area contributed by atoms with Crippen LogP contribution in [0.5, 0.6) is 11.5 Å². The fourth-order valence-corrected chi connectivity index (χ4v) is 2.37. The molecule has 0 saturated carbocycles. The van der Waals surface area contributed by atoms with E-state index in [1.165, 1.54) is 13.2 Å². The molecule has 2 aromatic rings. The highest BCUT2D eigenvalue weighted by Gasteiger charge is 2.22. The predicted molar refractivity (Wildman–Crippen MR) is 96.3 cm³/mol.